The van der Waals surface area contributed by atoms with Crippen LogP contribution in [0, 0.1) is 5.92 Å². The number of hydrogen-bond donors (Lipinski definition) is 0. The first-order valence-electron chi connectivity index (χ1n) is 7.47. The Morgan fingerprint density at radius 2 is 1.52 bits per heavy atom. The van der Waals surface area contributed by atoms with E-state index in [0.717, 1.165) is 25.7 Å². The molecule has 0 bridgehead atoms. The van der Waals surface area contributed by atoms with Crippen LogP contribution < -0.4 is 14.2 Å². The second kappa shape index (κ2) is 8.55. The van der Waals surface area contributed by atoms with E-state index in [2.05, 4.69) is 13.8 Å². The van der Waals surface area contributed by atoms with Crippen LogP contribution in [0.1, 0.15) is 49.9 Å². The van der Waals surface area contributed by atoms with Crippen molar-refractivity contribution in [3.05, 3.63) is 17.7 Å². The minimum atomic E-state index is 0.0343. The summed E-state index contributed by atoms with van der Waals surface area (Å²) in [6.07, 6.45) is 3.77. The quantitative estimate of drug-likeness (QED) is 0.643. The Morgan fingerprint density at radius 3 is 1.95 bits per heavy atom. The SMILES string of the molecule is CCCC(CCC)C(=O)c1ccc(OC)c(OC)c1OC. The molecule has 0 atom stereocenters. The van der Waals surface area contributed by atoms with Crippen LogP contribution in [0.2, 0.25) is 0 Å². The molecule has 0 N–H and O–H groups in total. The number of carbonyl (C=O) groups is 1. The summed E-state index contributed by atoms with van der Waals surface area (Å²) in [5.41, 5.74) is 0.571. The first-order valence-corrected chi connectivity index (χ1v) is 7.47. The Labute approximate surface area is 127 Å². The number of Topliss-reactive ketones (excluding diaryl/α,β-unsaturated/α-hetero) is 1. The lowest BCUT2D eigenvalue weighted by Gasteiger charge is -2.19. The highest BCUT2D eigenvalue weighted by molar-refractivity contribution is 6.01. The van der Waals surface area contributed by atoms with Gasteiger partial charge < -0.3 is 14.2 Å². The van der Waals surface area contributed by atoms with E-state index >= 15 is 0 Å². The molecule has 0 saturated heterocycles. The monoisotopic (exact) mass is 294 g/mol. The lowest BCUT2D eigenvalue weighted by molar-refractivity contribution is 0.0901. The Morgan fingerprint density at radius 1 is 0.952 bits per heavy atom. The number of benzene rings is 1. The van der Waals surface area contributed by atoms with E-state index in [0.29, 0.717) is 22.8 Å². The van der Waals surface area contributed by atoms with E-state index < -0.39 is 0 Å². The predicted molar refractivity (Wildman–Crippen MR) is 83.7 cm³/mol. The molecular formula is C17H26O4. The molecule has 21 heavy (non-hydrogen) atoms. The van der Waals surface area contributed by atoms with Gasteiger partial charge in [-0.05, 0) is 25.0 Å². The molecule has 4 heteroatoms. The van der Waals surface area contributed by atoms with Gasteiger partial charge in [-0.25, -0.2) is 0 Å². The topological polar surface area (TPSA) is 44.8 Å². The van der Waals surface area contributed by atoms with Gasteiger partial charge in [-0.15, -0.1) is 0 Å². The van der Waals surface area contributed by atoms with Crippen molar-refractivity contribution in [2.45, 2.75) is 39.5 Å². The summed E-state index contributed by atoms with van der Waals surface area (Å²) in [6.45, 7) is 4.20. The average molecular weight is 294 g/mol. The van der Waals surface area contributed by atoms with Crippen molar-refractivity contribution in [1.29, 1.82) is 0 Å². The van der Waals surface area contributed by atoms with Crippen LogP contribution in [0.4, 0.5) is 0 Å². The van der Waals surface area contributed by atoms with Crippen LogP contribution in [-0.2, 0) is 0 Å². The molecule has 0 saturated carbocycles. The molecule has 118 valence electrons. The fourth-order valence-corrected chi connectivity index (χ4v) is 2.62. The molecule has 0 radical (unpaired) electrons. The number of hydrogen-bond acceptors (Lipinski definition) is 4. The van der Waals surface area contributed by atoms with Gasteiger partial charge >= 0.3 is 0 Å². The smallest absolute Gasteiger partial charge is 0.204 e. The summed E-state index contributed by atoms with van der Waals surface area (Å²) < 4.78 is 16.0. The zero-order chi connectivity index (χ0) is 15.8. The first kappa shape index (κ1) is 17.3. The van der Waals surface area contributed by atoms with Crippen LogP contribution in [0.15, 0.2) is 12.1 Å². The van der Waals surface area contributed by atoms with Gasteiger partial charge in [0.25, 0.3) is 0 Å². The molecule has 0 aliphatic heterocycles. The molecule has 1 aromatic carbocycles. The third kappa shape index (κ3) is 3.90. The largest absolute Gasteiger partial charge is 0.493 e. The van der Waals surface area contributed by atoms with E-state index in [1.54, 1.807) is 33.5 Å². The highest BCUT2D eigenvalue weighted by atomic mass is 16.5. The maximum absolute atomic E-state index is 12.8. The predicted octanol–water partition coefficient (Wildman–Crippen LogP) is 4.11. The van der Waals surface area contributed by atoms with Gasteiger partial charge in [-0.1, -0.05) is 26.7 Å². The zero-order valence-corrected chi connectivity index (χ0v) is 13.7. The maximum atomic E-state index is 12.8. The zero-order valence-electron chi connectivity index (χ0n) is 13.7. The molecule has 0 aromatic heterocycles. The molecular weight excluding hydrogens is 268 g/mol. The van der Waals surface area contributed by atoms with E-state index in [9.17, 15) is 4.79 Å². The second-order valence-corrected chi connectivity index (χ2v) is 5.02. The molecule has 0 fully saturated rings. The minimum absolute atomic E-state index is 0.0343. The lowest BCUT2D eigenvalue weighted by atomic mass is 9.89. The normalized spacial score (nSPS) is 10.6. The van der Waals surface area contributed by atoms with Crippen molar-refractivity contribution in [3.63, 3.8) is 0 Å². The maximum Gasteiger partial charge on any atom is 0.204 e. The summed E-state index contributed by atoms with van der Waals surface area (Å²) in [5, 5.41) is 0. The molecule has 0 heterocycles. The van der Waals surface area contributed by atoms with Gasteiger partial charge in [0.05, 0.1) is 26.9 Å². The van der Waals surface area contributed by atoms with E-state index in [4.69, 9.17) is 14.2 Å². The molecule has 1 rings (SSSR count). The van der Waals surface area contributed by atoms with Gasteiger partial charge in [-0.2, -0.15) is 0 Å². The number of ether oxygens (including phenoxy) is 3. The van der Waals surface area contributed by atoms with Crippen molar-refractivity contribution < 1.29 is 19.0 Å². The summed E-state index contributed by atoms with van der Waals surface area (Å²) in [5.74, 6) is 1.65. The van der Waals surface area contributed by atoms with Gasteiger partial charge in [0.1, 0.15) is 0 Å². The van der Waals surface area contributed by atoms with Gasteiger partial charge in [-0.3, -0.25) is 4.79 Å². The van der Waals surface area contributed by atoms with Gasteiger partial charge in [0, 0.05) is 5.92 Å². The van der Waals surface area contributed by atoms with E-state index in [-0.39, 0.29) is 11.7 Å². The number of ketones is 1. The third-order valence-corrected chi connectivity index (χ3v) is 3.61. The van der Waals surface area contributed by atoms with Crippen molar-refractivity contribution in [2.24, 2.45) is 5.92 Å². The lowest BCUT2D eigenvalue weighted by Crippen LogP contribution is -2.16. The molecule has 0 amide bonds. The Bertz CT molecular complexity index is 462. The van der Waals surface area contributed by atoms with E-state index in [1.807, 2.05) is 0 Å². The number of methoxy groups -OCH3 is 3. The van der Waals surface area contributed by atoms with Crippen LogP contribution in [-0.4, -0.2) is 27.1 Å². The Kier molecular flexibility index (Phi) is 7.06. The fraction of sp³-hybridized carbons (Fsp3) is 0.588. The van der Waals surface area contributed by atoms with E-state index in [1.165, 1.54) is 0 Å². The summed E-state index contributed by atoms with van der Waals surface area (Å²) >= 11 is 0. The van der Waals surface area contributed by atoms with Crippen LogP contribution >= 0.6 is 0 Å². The molecule has 0 aliphatic rings. The Balaban J connectivity index is 3.24. The highest BCUT2D eigenvalue weighted by Crippen LogP contribution is 2.41. The van der Waals surface area contributed by atoms with Crippen molar-refractivity contribution in [3.8, 4) is 17.2 Å². The second-order valence-electron chi connectivity index (χ2n) is 5.02. The molecule has 0 unspecified atom stereocenters. The summed E-state index contributed by atoms with van der Waals surface area (Å²) in [6, 6.07) is 3.52. The molecule has 4 nitrogen and oxygen atoms in total. The van der Waals surface area contributed by atoms with Gasteiger partial charge in [0.15, 0.2) is 17.3 Å². The van der Waals surface area contributed by atoms with Gasteiger partial charge in [0.2, 0.25) is 5.75 Å². The van der Waals surface area contributed by atoms with Crippen LogP contribution in [0.3, 0.4) is 0 Å². The highest BCUT2D eigenvalue weighted by Gasteiger charge is 2.25. The number of rotatable bonds is 9. The van der Waals surface area contributed by atoms with Crippen molar-refractivity contribution in [1.82, 2.24) is 0 Å². The molecule has 0 aliphatic carbocycles. The third-order valence-electron chi connectivity index (χ3n) is 3.61. The minimum Gasteiger partial charge on any atom is -0.493 e. The van der Waals surface area contributed by atoms with Crippen LogP contribution in [0.25, 0.3) is 0 Å². The molecule has 0 spiro atoms. The molecule has 1 aromatic rings. The fourth-order valence-electron chi connectivity index (χ4n) is 2.62. The summed E-state index contributed by atoms with van der Waals surface area (Å²) in [7, 11) is 4.66. The standard InChI is InChI=1S/C17H26O4/c1-6-8-12(9-7-2)15(18)13-10-11-14(19-3)17(21-5)16(13)20-4/h10-12H,6-9H2,1-5H3. The average Bonchev–Trinajstić information content (AvgIpc) is 2.52. The first-order chi connectivity index (χ1) is 10.1. The summed E-state index contributed by atoms with van der Waals surface area (Å²) in [4.78, 5) is 12.8. The van der Waals surface area contributed by atoms with Crippen molar-refractivity contribution >= 4 is 5.78 Å². The number of carbonyl (C=O) groups excluding carboxylic acids is 1. The Hall–Kier alpha value is -1.71. The van der Waals surface area contributed by atoms with Crippen molar-refractivity contribution in [2.75, 3.05) is 21.3 Å². The van der Waals surface area contributed by atoms with Crippen LogP contribution in [0.5, 0.6) is 17.2 Å².